The van der Waals surface area contributed by atoms with Crippen molar-refractivity contribution in [3.8, 4) is 0 Å². The number of thiophene rings is 1. The maximum Gasteiger partial charge on any atom is 0.251 e. The zero-order valence-corrected chi connectivity index (χ0v) is 14.7. The van der Waals surface area contributed by atoms with Crippen molar-refractivity contribution in [2.75, 3.05) is 6.54 Å². The van der Waals surface area contributed by atoms with Gasteiger partial charge in [0.1, 0.15) is 0 Å². The van der Waals surface area contributed by atoms with Crippen LogP contribution in [0.1, 0.15) is 43.7 Å². The van der Waals surface area contributed by atoms with Crippen LogP contribution in [0.2, 0.25) is 0 Å². The summed E-state index contributed by atoms with van der Waals surface area (Å²) < 4.78 is 1.11. The first-order chi connectivity index (χ1) is 10.1. The minimum atomic E-state index is -0.221. The molecule has 2 aromatic rings. The largest absolute Gasteiger partial charge is 0.352 e. The van der Waals surface area contributed by atoms with Gasteiger partial charge in [0, 0.05) is 17.0 Å². The van der Waals surface area contributed by atoms with Crippen LogP contribution in [0.4, 0.5) is 0 Å². The molecule has 3 rings (SSSR count). The van der Waals surface area contributed by atoms with E-state index in [1.807, 2.05) is 18.2 Å². The number of alkyl halides is 1. The van der Waals surface area contributed by atoms with E-state index in [0.717, 1.165) is 44.7 Å². The topological polar surface area (TPSA) is 29.1 Å². The Morgan fingerprint density at radius 3 is 2.90 bits per heavy atom. The maximum absolute atomic E-state index is 12.1. The number of aryl methyl sites for hydroxylation is 2. The predicted octanol–water partition coefficient (Wildman–Crippen LogP) is 4.82. The summed E-state index contributed by atoms with van der Waals surface area (Å²) in [4.78, 5) is 13.2. The number of carbonyl (C=O) groups is 1. The molecule has 0 saturated heterocycles. The number of hydrogen-bond donors (Lipinski definition) is 1. The molecule has 2 heterocycles. The number of fused-ring (bicyclic) bond motifs is 1. The molecule has 1 aliphatic rings. The lowest BCUT2D eigenvalue weighted by molar-refractivity contribution is 0.0956. The number of carbonyl (C=O) groups excluding carboxylic acids is 1. The number of rotatable bonds is 2. The summed E-state index contributed by atoms with van der Waals surface area (Å²) in [5, 5.41) is 2.71. The molecule has 1 aliphatic heterocycles. The SMILES string of the molecule is Cc1cc(C(Cl)c2ccc3c(c2)C(=O)NCCC3)sc1Br. The molecule has 1 aromatic carbocycles. The van der Waals surface area contributed by atoms with Crippen molar-refractivity contribution in [1.82, 2.24) is 5.32 Å². The third kappa shape index (κ3) is 3.03. The van der Waals surface area contributed by atoms with Crippen molar-refractivity contribution in [3.63, 3.8) is 0 Å². The Balaban J connectivity index is 1.97. The fourth-order valence-corrected chi connectivity index (χ4v) is 4.44. The van der Waals surface area contributed by atoms with Gasteiger partial charge in [-0.15, -0.1) is 22.9 Å². The Labute approximate surface area is 141 Å². The fourth-order valence-electron chi connectivity index (χ4n) is 2.53. The maximum atomic E-state index is 12.1. The van der Waals surface area contributed by atoms with Gasteiger partial charge in [-0.2, -0.15) is 0 Å². The van der Waals surface area contributed by atoms with Gasteiger partial charge in [0.05, 0.1) is 9.16 Å². The van der Waals surface area contributed by atoms with E-state index >= 15 is 0 Å². The van der Waals surface area contributed by atoms with Crippen LogP contribution < -0.4 is 5.32 Å². The zero-order chi connectivity index (χ0) is 15.0. The van der Waals surface area contributed by atoms with E-state index in [-0.39, 0.29) is 11.3 Å². The minimum absolute atomic E-state index is 0.0109. The van der Waals surface area contributed by atoms with Gasteiger partial charge in [-0.25, -0.2) is 0 Å². The highest BCUT2D eigenvalue weighted by Crippen LogP contribution is 2.38. The first kappa shape index (κ1) is 15.1. The number of hydrogen-bond acceptors (Lipinski definition) is 2. The molecule has 0 spiro atoms. The van der Waals surface area contributed by atoms with Crippen LogP contribution in [0.5, 0.6) is 0 Å². The molecule has 1 amide bonds. The van der Waals surface area contributed by atoms with Crippen molar-refractivity contribution < 1.29 is 4.79 Å². The summed E-state index contributed by atoms with van der Waals surface area (Å²) in [6, 6.07) is 8.12. The van der Waals surface area contributed by atoms with Gasteiger partial charge in [-0.05, 0) is 64.5 Å². The van der Waals surface area contributed by atoms with Crippen LogP contribution in [0.3, 0.4) is 0 Å². The summed E-state index contributed by atoms with van der Waals surface area (Å²) in [7, 11) is 0. The molecule has 1 unspecified atom stereocenters. The summed E-state index contributed by atoms with van der Waals surface area (Å²) >= 11 is 11.8. The fraction of sp³-hybridized carbons (Fsp3) is 0.312. The molecule has 0 bridgehead atoms. The average molecular weight is 385 g/mol. The lowest BCUT2D eigenvalue weighted by Gasteiger charge is -2.11. The van der Waals surface area contributed by atoms with E-state index in [1.165, 1.54) is 5.56 Å². The molecule has 110 valence electrons. The molecule has 21 heavy (non-hydrogen) atoms. The highest BCUT2D eigenvalue weighted by Gasteiger charge is 2.20. The minimum Gasteiger partial charge on any atom is -0.352 e. The Bertz CT molecular complexity index is 678. The van der Waals surface area contributed by atoms with Crippen molar-refractivity contribution >= 4 is 44.8 Å². The Kier molecular flexibility index (Phi) is 4.38. The van der Waals surface area contributed by atoms with Gasteiger partial charge < -0.3 is 5.32 Å². The van der Waals surface area contributed by atoms with Crippen molar-refractivity contribution in [1.29, 1.82) is 0 Å². The molecule has 5 heteroatoms. The standard InChI is InChI=1S/C16H15BrClNOS/c1-9-7-13(21-15(9)17)14(18)11-5-4-10-3-2-6-19-16(20)12(10)8-11/h4-5,7-8,14H,2-3,6H2,1H3,(H,19,20). The first-order valence-electron chi connectivity index (χ1n) is 6.87. The van der Waals surface area contributed by atoms with Gasteiger partial charge in [-0.3, -0.25) is 4.79 Å². The second-order valence-corrected chi connectivity index (χ2v) is 8.08. The van der Waals surface area contributed by atoms with E-state index in [2.05, 4.69) is 34.2 Å². The van der Waals surface area contributed by atoms with Gasteiger partial charge in [0.15, 0.2) is 0 Å². The smallest absolute Gasteiger partial charge is 0.251 e. The van der Waals surface area contributed by atoms with Gasteiger partial charge in [0.2, 0.25) is 0 Å². The Morgan fingerprint density at radius 1 is 1.38 bits per heavy atom. The average Bonchev–Trinajstić information content (AvgIpc) is 2.70. The second kappa shape index (κ2) is 6.11. The van der Waals surface area contributed by atoms with Crippen LogP contribution >= 0.6 is 38.9 Å². The van der Waals surface area contributed by atoms with Crippen LogP contribution in [0.25, 0.3) is 0 Å². The Hall–Kier alpha value is -0.840. The van der Waals surface area contributed by atoms with E-state index in [0.29, 0.717) is 0 Å². The quantitative estimate of drug-likeness (QED) is 0.739. The van der Waals surface area contributed by atoms with Gasteiger partial charge >= 0.3 is 0 Å². The van der Waals surface area contributed by atoms with E-state index in [1.54, 1.807) is 11.3 Å². The van der Waals surface area contributed by atoms with Gasteiger partial charge in [0.25, 0.3) is 5.91 Å². The lowest BCUT2D eigenvalue weighted by atomic mass is 9.99. The number of halogens is 2. The molecule has 1 aromatic heterocycles. The molecule has 0 fully saturated rings. The first-order valence-corrected chi connectivity index (χ1v) is 8.92. The van der Waals surface area contributed by atoms with E-state index in [9.17, 15) is 4.79 Å². The molecular formula is C16H15BrClNOS. The lowest BCUT2D eigenvalue weighted by Crippen LogP contribution is -2.22. The predicted molar refractivity (Wildman–Crippen MR) is 91.5 cm³/mol. The van der Waals surface area contributed by atoms with Crippen LogP contribution in [0.15, 0.2) is 28.1 Å². The summed E-state index contributed by atoms with van der Waals surface area (Å²) in [5.41, 5.74) is 4.04. The third-order valence-electron chi connectivity index (χ3n) is 3.71. The zero-order valence-electron chi connectivity index (χ0n) is 11.6. The molecule has 0 saturated carbocycles. The molecule has 1 N–H and O–H groups in total. The monoisotopic (exact) mass is 383 g/mol. The van der Waals surface area contributed by atoms with Crippen LogP contribution in [-0.4, -0.2) is 12.5 Å². The highest BCUT2D eigenvalue weighted by atomic mass is 79.9. The summed E-state index contributed by atoms with van der Waals surface area (Å²) in [6.45, 7) is 2.79. The molecule has 0 aliphatic carbocycles. The summed E-state index contributed by atoms with van der Waals surface area (Å²) in [6.07, 6.45) is 1.92. The Morgan fingerprint density at radius 2 is 2.19 bits per heavy atom. The van der Waals surface area contributed by atoms with E-state index in [4.69, 9.17) is 11.6 Å². The highest BCUT2D eigenvalue weighted by molar-refractivity contribution is 9.11. The molecular weight excluding hydrogens is 370 g/mol. The number of benzene rings is 1. The van der Waals surface area contributed by atoms with Crippen LogP contribution in [-0.2, 0) is 6.42 Å². The van der Waals surface area contributed by atoms with Crippen molar-refractivity contribution in [2.24, 2.45) is 0 Å². The third-order valence-corrected chi connectivity index (χ3v) is 6.52. The number of amides is 1. The van der Waals surface area contributed by atoms with Crippen LogP contribution in [0, 0.1) is 6.92 Å². The molecule has 0 radical (unpaired) electrons. The normalized spacial score (nSPS) is 16.0. The van der Waals surface area contributed by atoms with Gasteiger partial charge in [-0.1, -0.05) is 12.1 Å². The molecule has 1 atom stereocenters. The summed E-state index contributed by atoms with van der Waals surface area (Å²) in [5.74, 6) is 0.0109. The molecule has 2 nitrogen and oxygen atoms in total. The van der Waals surface area contributed by atoms with E-state index < -0.39 is 0 Å². The van der Waals surface area contributed by atoms with Crippen molar-refractivity contribution in [3.05, 3.63) is 55.2 Å². The van der Waals surface area contributed by atoms with Crippen molar-refractivity contribution in [2.45, 2.75) is 25.1 Å². The second-order valence-electron chi connectivity index (χ2n) is 5.24. The number of nitrogens with one attached hydrogen (secondary N) is 1.